The minimum Gasteiger partial charge on any atom is -0.380 e. The minimum absolute atomic E-state index is 0.0990. The Kier molecular flexibility index (Phi) is 3.11. The van der Waals surface area contributed by atoms with Crippen molar-refractivity contribution in [1.29, 1.82) is 0 Å². The Bertz CT molecular complexity index is 509. The highest BCUT2D eigenvalue weighted by Gasteiger charge is 2.62. The predicted octanol–water partition coefficient (Wildman–Crippen LogP) is 2.16. The molecule has 2 saturated carbocycles. The first kappa shape index (κ1) is 14.8. The number of hydrogen-bond acceptors (Lipinski definition) is 3. The smallest absolute Gasteiger partial charge is 0.212 e. The molecule has 1 aliphatic heterocycles. The van der Waals surface area contributed by atoms with Crippen LogP contribution in [0.15, 0.2) is 0 Å². The second kappa shape index (κ2) is 4.20. The van der Waals surface area contributed by atoms with Gasteiger partial charge in [0.15, 0.2) is 0 Å². The van der Waals surface area contributed by atoms with Gasteiger partial charge in [-0.05, 0) is 36.0 Å². The quantitative estimate of drug-likeness (QED) is 0.865. The molecule has 2 aliphatic carbocycles. The molecule has 0 unspecified atom stereocenters. The zero-order valence-electron chi connectivity index (χ0n) is 13.0. The summed E-state index contributed by atoms with van der Waals surface area (Å²) in [6, 6.07) is 0.103. The van der Waals surface area contributed by atoms with Crippen LogP contribution in [0.25, 0.3) is 0 Å². The molecule has 3 fully saturated rings. The van der Waals surface area contributed by atoms with Gasteiger partial charge in [-0.3, -0.25) is 0 Å². The average molecular weight is 301 g/mol. The fourth-order valence-electron chi connectivity index (χ4n) is 4.63. The molecule has 0 aromatic rings. The van der Waals surface area contributed by atoms with Crippen LogP contribution in [0, 0.1) is 22.2 Å². The maximum Gasteiger partial charge on any atom is 0.212 e. The molecular weight excluding hydrogens is 274 g/mol. The first-order valence-corrected chi connectivity index (χ1v) is 9.31. The highest BCUT2D eigenvalue weighted by atomic mass is 32.2. The van der Waals surface area contributed by atoms with Crippen LogP contribution in [0.2, 0.25) is 0 Å². The number of fused-ring (bicyclic) bond motifs is 2. The molecule has 3 atom stereocenters. The van der Waals surface area contributed by atoms with Gasteiger partial charge in [-0.1, -0.05) is 27.7 Å². The molecule has 3 rings (SSSR count). The average Bonchev–Trinajstić information content (AvgIpc) is 2.59. The summed E-state index contributed by atoms with van der Waals surface area (Å²) < 4.78 is 33.1. The molecule has 1 N–H and O–H groups in total. The zero-order chi connectivity index (χ0) is 14.8. The lowest BCUT2D eigenvalue weighted by atomic mass is 9.69. The van der Waals surface area contributed by atoms with E-state index < -0.39 is 10.0 Å². The molecule has 116 valence electrons. The van der Waals surface area contributed by atoms with Gasteiger partial charge >= 0.3 is 0 Å². The largest absolute Gasteiger partial charge is 0.380 e. The van der Waals surface area contributed by atoms with E-state index in [-0.39, 0.29) is 28.0 Å². The Balaban J connectivity index is 1.73. The van der Waals surface area contributed by atoms with Crippen LogP contribution in [-0.2, 0) is 14.8 Å². The molecule has 0 amide bonds. The second-order valence-electron chi connectivity index (χ2n) is 8.34. The van der Waals surface area contributed by atoms with Gasteiger partial charge in [-0.25, -0.2) is 13.1 Å². The summed E-state index contributed by atoms with van der Waals surface area (Å²) in [5.74, 6) is 0.848. The summed E-state index contributed by atoms with van der Waals surface area (Å²) in [6.45, 7) is 9.98. The molecule has 20 heavy (non-hydrogen) atoms. The van der Waals surface area contributed by atoms with Crippen molar-refractivity contribution in [3.8, 4) is 0 Å². The maximum atomic E-state index is 12.5. The van der Waals surface area contributed by atoms with Gasteiger partial charge in [0.2, 0.25) is 10.0 Å². The van der Waals surface area contributed by atoms with Crippen LogP contribution >= 0.6 is 0 Å². The molecular formula is C15H27NO3S. The van der Waals surface area contributed by atoms with E-state index in [2.05, 4.69) is 25.5 Å². The van der Waals surface area contributed by atoms with Gasteiger partial charge in [0, 0.05) is 11.5 Å². The second-order valence-corrected chi connectivity index (χ2v) is 10.1. The number of hydrogen-bond donors (Lipinski definition) is 1. The SMILES string of the molecule is CC1(CS(=O)(=O)N[C@@H]2C[C@H]3CC[C@@]2(C)C3(C)C)COC1. The van der Waals surface area contributed by atoms with Gasteiger partial charge in [0.05, 0.1) is 19.0 Å². The summed E-state index contributed by atoms with van der Waals surface area (Å²) in [4.78, 5) is 0. The van der Waals surface area contributed by atoms with Gasteiger partial charge in [0.25, 0.3) is 0 Å². The third kappa shape index (κ3) is 2.04. The van der Waals surface area contributed by atoms with Gasteiger partial charge in [-0.15, -0.1) is 0 Å². The monoisotopic (exact) mass is 301 g/mol. The molecule has 2 bridgehead atoms. The van der Waals surface area contributed by atoms with Gasteiger partial charge in [0.1, 0.15) is 0 Å². The molecule has 0 aromatic carbocycles. The minimum atomic E-state index is -3.22. The summed E-state index contributed by atoms with van der Waals surface area (Å²) >= 11 is 0. The third-order valence-corrected chi connectivity index (χ3v) is 8.28. The van der Waals surface area contributed by atoms with Crippen molar-refractivity contribution in [2.75, 3.05) is 19.0 Å². The molecule has 1 heterocycles. The van der Waals surface area contributed by atoms with Crippen molar-refractivity contribution in [2.45, 2.75) is 53.0 Å². The molecule has 0 spiro atoms. The summed E-state index contributed by atoms with van der Waals surface area (Å²) in [6.07, 6.45) is 3.38. The molecule has 1 saturated heterocycles. The van der Waals surface area contributed by atoms with Crippen molar-refractivity contribution in [3.05, 3.63) is 0 Å². The maximum absolute atomic E-state index is 12.5. The van der Waals surface area contributed by atoms with Crippen molar-refractivity contribution >= 4 is 10.0 Å². The third-order valence-electron chi connectivity index (χ3n) is 6.56. The van der Waals surface area contributed by atoms with E-state index in [4.69, 9.17) is 4.74 Å². The molecule has 4 nitrogen and oxygen atoms in total. The Labute approximate surface area is 122 Å². The topological polar surface area (TPSA) is 55.4 Å². The number of ether oxygens (including phenoxy) is 1. The molecule has 0 aromatic heterocycles. The normalized spacial score (nSPS) is 41.6. The van der Waals surface area contributed by atoms with Crippen molar-refractivity contribution in [1.82, 2.24) is 4.72 Å². The summed E-state index contributed by atoms with van der Waals surface area (Å²) in [5.41, 5.74) is 0.144. The van der Waals surface area contributed by atoms with Crippen molar-refractivity contribution in [3.63, 3.8) is 0 Å². The lowest BCUT2D eigenvalue weighted by molar-refractivity contribution is -0.0871. The van der Waals surface area contributed by atoms with Crippen LogP contribution in [0.1, 0.15) is 47.0 Å². The Morgan fingerprint density at radius 2 is 1.85 bits per heavy atom. The van der Waals surface area contributed by atoms with Crippen LogP contribution in [-0.4, -0.2) is 33.4 Å². The Morgan fingerprint density at radius 1 is 1.20 bits per heavy atom. The van der Waals surface area contributed by atoms with Crippen molar-refractivity contribution < 1.29 is 13.2 Å². The van der Waals surface area contributed by atoms with Crippen LogP contribution in [0.4, 0.5) is 0 Å². The van der Waals surface area contributed by atoms with Crippen LogP contribution in [0.3, 0.4) is 0 Å². The van der Waals surface area contributed by atoms with E-state index >= 15 is 0 Å². The van der Waals surface area contributed by atoms with E-state index in [0.29, 0.717) is 19.1 Å². The van der Waals surface area contributed by atoms with E-state index in [9.17, 15) is 8.42 Å². The highest BCUT2D eigenvalue weighted by molar-refractivity contribution is 7.89. The lowest BCUT2D eigenvalue weighted by Crippen LogP contribution is -2.52. The number of nitrogens with one attached hydrogen (secondary N) is 1. The fraction of sp³-hybridized carbons (Fsp3) is 1.00. The summed E-state index contributed by atoms with van der Waals surface area (Å²) in [5, 5.41) is 0. The first-order chi connectivity index (χ1) is 9.08. The van der Waals surface area contributed by atoms with Crippen LogP contribution in [0.5, 0.6) is 0 Å². The Morgan fingerprint density at radius 3 is 2.25 bits per heavy atom. The highest BCUT2D eigenvalue weighted by Crippen LogP contribution is 2.65. The van der Waals surface area contributed by atoms with Crippen LogP contribution < -0.4 is 4.72 Å². The first-order valence-electron chi connectivity index (χ1n) is 7.66. The van der Waals surface area contributed by atoms with E-state index in [1.165, 1.54) is 6.42 Å². The van der Waals surface area contributed by atoms with E-state index in [1.807, 2.05) is 6.92 Å². The fourth-order valence-corrected chi connectivity index (χ4v) is 6.59. The van der Waals surface area contributed by atoms with Crippen molar-refractivity contribution in [2.24, 2.45) is 22.2 Å². The van der Waals surface area contributed by atoms with E-state index in [0.717, 1.165) is 12.8 Å². The van der Waals surface area contributed by atoms with Gasteiger partial charge < -0.3 is 4.74 Å². The predicted molar refractivity (Wildman–Crippen MR) is 78.9 cm³/mol. The molecule has 3 aliphatic rings. The Hall–Kier alpha value is -0.130. The van der Waals surface area contributed by atoms with Gasteiger partial charge in [-0.2, -0.15) is 0 Å². The summed E-state index contributed by atoms with van der Waals surface area (Å²) in [7, 11) is -3.22. The number of sulfonamides is 1. The number of rotatable bonds is 4. The molecule has 0 radical (unpaired) electrons. The molecule has 5 heteroatoms. The lowest BCUT2D eigenvalue weighted by Gasteiger charge is -2.41. The zero-order valence-corrected chi connectivity index (χ0v) is 13.8. The standard InChI is InChI=1S/C15H27NO3S/c1-13(2)11-5-6-15(13,4)12(7-11)16-20(17,18)10-14(3)8-19-9-14/h11-12,16H,5-10H2,1-4H3/t11-,12-,15-/m1/s1. The van der Waals surface area contributed by atoms with E-state index in [1.54, 1.807) is 0 Å².